The van der Waals surface area contributed by atoms with Gasteiger partial charge in [-0.3, -0.25) is 9.59 Å². The Kier molecular flexibility index (Phi) is 4.62. The SMILES string of the molecule is CC(c1c[nH]c(=O)c2c(F)c(F)ccc12)N(C)C(=O)c1cc2c(Cl)cccn2c1. The van der Waals surface area contributed by atoms with Crippen LogP contribution < -0.4 is 5.56 Å². The summed E-state index contributed by atoms with van der Waals surface area (Å²) in [5.41, 5.74) is 0.899. The number of aromatic amines is 1. The van der Waals surface area contributed by atoms with Crippen LogP contribution >= 0.6 is 11.6 Å². The predicted octanol–water partition coefficient (Wildman–Crippen LogP) is 4.55. The van der Waals surface area contributed by atoms with Crippen molar-refractivity contribution in [2.24, 2.45) is 0 Å². The first kappa shape index (κ1) is 19.1. The summed E-state index contributed by atoms with van der Waals surface area (Å²) in [4.78, 5) is 29.0. The molecule has 1 unspecified atom stereocenters. The van der Waals surface area contributed by atoms with Gasteiger partial charge in [-0.1, -0.05) is 17.7 Å². The second-order valence-electron chi connectivity index (χ2n) is 6.83. The van der Waals surface area contributed by atoms with Crippen LogP contribution in [0.5, 0.6) is 0 Å². The monoisotopic (exact) mass is 415 g/mol. The third kappa shape index (κ3) is 3.07. The first-order valence-electron chi connectivity index (χ1n) is 8.82. The van der Waals surface area contributed by atoms with E-state index >= 15 is 0 Å². The minimum absolute atomic E-state index is 0.255. The topological polar surface area (TPSA) is 57.6 Å². The highest BCUT2D eigenvalue weighted by Crippen LogP contribution is 2.29. The molecule has 5 nitrogen and oxygen atoms in total. The van der Waals surface area contributed by atoms with E-state index in [-0.39, 0.29) is 16.7 Å². The van der Waals surface area contributed by atoms with Crippen molar-refractivity contribution < 1.29 is 13.6 Å². The molecule has 4 rings (SSSR count). The molecule has 4 aromatic rings. The fourth-order valence-electron chi connectivity index (χ4n) is 3.46. The number of hydrogen-bond donors (Lipinski definition) is 1. The zero-order chi connectivity index (χ0) is 20.9. The van der Waals surface area contributed by atoms with Gasteiger partial charge in [0.05, 0.1) is 27.5 Å². The Bertz CT molecular complexity index is 1330. The smallest absolute Gasteiger partial charge is 0.258 e. The van der Waals surface area contributed by atoms with Gasteiger partial charge < -0.3 is 14.3 Å². The molecule has 0 saturated heterocycles. The third-order valence-electron chi connectivity index (χ3n) is 5.17. The molecule has 1 aromatic carbocycles. The summed E-state index contributed by atoms with van der Waals surface area (Å²) in [5, 5.41) is 0.410. The van der Waals surface area contributed by atoms with Gasteiger partial charge in [0.2, 0.25) is 0 Å². The molecule has 3 heterocycles. The number of hydrogen-bond acceptors (Lipinski definition) is 2. The average Bonchev–Trinajstić information content (AvgIpc) is 3.15. The summed E-state index contributed by atoms with van der Waals surface area (Å²) in [6.07, 6.45) is 4.88. The summed E-state index contributed by atoms with van der Waals surface area (Å²) in [6, 6.07) is 6.99. The van der Waals surface area contributed by atoms with Crippen LogP contribution in [0, 0.1) is 11.6 Å². The first-order valence-corrected chi connectivity index (χ1v) is 9.20. The molecule has 0 saturated carbocycles. The van der Waals surface area contributed by atoms with Crippen molar-refractivity contribution in [3.8, 4) is 0 Å². The molecule has 1 N–H and O–H groups in total. The van der Waals surface area contributed by atoms with Gasteiger partial charge in [-0.25, -0.2) is 8.78 Å². The summed E-state index contributed by atoms with van der Waals surface area (Å²) >= 11 is 6.18. The Morgan fingerprint density at radius 3 is 2.76 bits per heavy atom. The van der Waals surface area contributed by atoms with Crippen LogP contribution in [0.25, 0.3) is 16.3 Å². The molecule has 0 aliphatic rings. The molecule has 1 amide bonds. The van der Waals surface area contributed by atoms with Gasteiger partial charge in [0.15, 0.2) is 11.6 Å². The molecule has 0 fully saturated rings. The summed E-state index contributed by atoms with van der Waals surface area (Å²) in [6.45, 7) is 1.75. The molecule has 0 spiro atoms. The third-order valence-corrected chi connectivity index (χ3v) is 5.49. The highest BCUT2D eigenvalue weighted by Gasteiger charge is 2.24. The Morgan fingerprint density at radius 1 is 1.28 bits per heavy atom. The lowest BCUT2D eigenvalue weighted by Crippen LogP contribution is -2.30. The molecule has 8 heteroatoms. The lowest BCUT2D eigenvalue weighted by atomic mass is 10.0. The quantitative estimate of drug-likeness (QED) is 0.534. The highest BCUT2D eigenvalue weighted by molar-refractivity contribution is 6.33. The van der Waals surface area contributed by atoms with Crippen molar-refractivity contribution in [1.29, 1.82) is 0 Å². The number of H-pyrrole nitrogens is 1. The van der Waals surface area contributed by atoms with Crippen molar-refractivity contribution in [3.63, 3.8) is 0 Å². The van der Waals surface area contributed by atoms with Crippen LogP contribution in [0.2, 0.25) is 5.02 Å². The average molecular weight is 416 g/mol. The lowest BCUT2D eigenvalue weighted by molar-refractivity contribution is 0.0743. The van der Waals surface area contributed by atoms with Crippen molar-refractivity contribution in [1.82, 2.24) is 14.3 Å². The van der Waals surface area contributed by atoms with Crippen molar-refractivity contribution in [3.05, 3.63) is 87.1 Å². The summed E-state index contributed by atoms with van der Waals surface area (Å²) in [7, 11) is 1.60. The molecule has 0 bridgehead atoms. The van der Waals surface area contributed by atoms with E-state index in [0.717, 1.165) is 6.07 Å². The maximum Gasteiger partial charge on any atom is 0.258 e. The molecular formula is C21H16ClF2N3O2. The number of carbonyl (C=O) groups excluding carboxylic acids is 1. The number of nitrogens with one attached hydrogen (secondary N) is 1. The predicted molar refractivity (Wildman–Crippen MR) is 107 cm³/mol. The number of halogens is 3. The van der Waals surface area contributed by atoms with E-state index in [1.54, 1.807) is 49.0 Å². The molecule has 0 aliphatic carbocycles. The van der Waals surface area contributed by atoms with Crippen LogP contribution in [0.4, 0.5) is 8.78 Å². The summed E-state index contributed by atoms with van der Waals surface area (Å²) in [5.74, 6) is -2.59. The minimum Gasteiger partial charge on any atom is -0.335 e. The van der Waals surface area contributed by atoms with E-state index in [1.165, 1.54) is 17.2 Å². The zero-order valence-corrected chi connectivity index (χ0v) is 16.3. The number of carbonyl (C=O) groups is 1. The van der Waals surface area contributed by atoms with E-state index in [4.69, 9.17) is 11.6 Å². The maximum atomic E-state index is 14.2. The fraction of sp³-hybridized carbons (Fsp3) is 0.143. The number of benzene rings is 1. The highest BCUT2D eigenvalue weighted by atomic mass is 35.5. The zero-order valence-electron chi connectivity index (χ0n) is 15.5. The Labute approximate surface area is 169 Å². The largest absolute Gasteiger partial charge is 0.335 e. The van der Waals surface area contributed by atoms with Gasteiger partial charge in [-0.05, 0) is 42.1 Å². The molecule has 1 atom stereocenters. The Morgan fingerprint density at radius 2 is 2.03 bits per heavy atom. The second kappa shape index (κ2) is 7.00. The van der Waals surface area contributed by atoms with Gasteiger partial charge in [-0.2, -0.15) is 0 Å². The molecule has 29 heavy (non-hydrogen) atoms. The van der Waals surface area contributed by atoms with E-state index in [9.17, 15) is 18.4 Å². The summed E-state index contributed by atoms with van der Waals surface area (Å²) < 4.78 is 29.5. The van der Waals surface area contributed by atoms with Gasteiger partial charge in [0.25, 0.3) is 11.5 Å². The van der Waals surface area contributed by atoms with Gasteiger partial charge in [0.1, 0.15) is 0 Å². The van der Waals surface area contributed by atoms with Crippen LogP contribution in [-0.4, -0.2) is 27.2 Å². The number of aromatic nitrogens is 2. The Hall–Kier alpha value is -3.19. The van der Waals surface area contributed by atoms with Crippen LogP contribution in [0.3, 0.4) is 0 Å². The van der Waals surface area contributed by atoms with Gasteiger partial charge >= 0.3 is 0 Å². The van der Waals surface area contributed by atoms with Gasteiger partial charge in [0, 0.05) is 25.6 Å². The van der Waals surface area contributed by atoms with Crippen molar-refractivity contribution >= 4 is 33.8 Å². The second-order valence-corrected chi connectivity index (χ2v) is 7.23. The number of nitrogens with zero attached hydrogens (tertiary/aromatic N) is 2. The molecular weight excluding hydrogens is 400 g/mol. The number of fused-ring (bicyclic) bond motifs is 2. The number of rotatable bonds is 3. The fourth-order valence-corrected chi connectivity index (χ4v) is 3.68. The Balaban J connectivity index is 1.76. The molecule has 3 aromatic heterocycles. The van der Waals surface area contributed by atoms with Crippen LogP contribution in [0.1, 0.15) is 28.9 Å². The van der Waals surface area contributed by atoms with E-state index in [0.29, 0.717) is 21.7 Å². The van der Waals surface area contributed by atoms with Crippen molar-refractivity contribution in [2.75, 3.05) is 7.05 Å². The van der Waals surface area contributed by atoms with Crippen molar-refractivity contribution in [2.45, 2.75) is 13.0 Å². The maximum absolute atomic E-state index is 14.2. The minimum atomic E-state index is -1.21. The normalized spacial score (nSPS) is 12.4. The number of amides is 1. The van der Waals surface area contributed by atoms with Gasteiger partial charge in [-0.15, -0.1) is 0 Å². The number of pyridine rings is 2. The van der Waals surface area contributed by atoms with Crippen LogP contribution in [0.15, 0.2) is 53.7 Å². The standard InChI is InChI=1S/C21H16ClF2N3O2/c1-11(14-9-25-20(28)18-13(14)5-6-16(23)19(18)24)26(2)21(29)12-8-17-15(22)4-3-7-27(17)10-12/h3-11H,1-2H3,(H,25,28). The van der Waals surface area contributed by atoms with E-state index in [2.05, 4.69) is 4.98 Å². The first-order chi connectivity index (χ1) is 13.8. The van der Waals surface area contributed by atoms with E-state index < -0.39 is 23.2 Å². The molecule has 0 radical (unpaired) electrons. The lowest BCUT2D eigenvalue weighted by Gasteiger charge is -2.26. The van der Waals surface area contributed by atoms with Crippen LogP contribution in [-0.2, 0) is 0 Å². The molecule has 0 aliphatic heterocycles. The van der Waals surface area contributed by atoms with E-state index in [1.807, 2.05) is 0 Å². The molecule has 148 valence electrons.